The molecule has 2 atom stereocenters. The van der Waals surface area contributed by atoms with E-state index in [1.165, 1.54) is 11.1 Å². The first-order chi connectivity index (χ1) is 12.1. The van der Waals surface area contributed by atoms with Crippen LogP contribution in [0.5, 0.6) is 0 Å². The zero-order valence-electron chi connectivity index (χ0n) is 15.0. The van der Waals surface area contributed by atoms with Gasteiger partial charge < -0.3 is 10.6 Å². The van der Waals surface area contributed by atoms with Crippen molar-refractivity contribution in [1.82, 2.24) is 4.90 Å². The van der Waals surface area contributed by atoms with Gasteiger partial charge in [0.2, 0.25) is 5.91 Å². The fraction of sp³-hybridized carbons (Fsp3) is 0.409. The van der Waals surface area contributed by atoms with Crippen LogP contribution in [-0.4, -0.2) is 23.4 Å². The molecule has 3 heteroatoms. The molecule has 0 aliphatic heterocycles. The molecule has 1 saturated carbocycles. The third-order valence-corrected chi connectivity index (χ3v) is 5.53. The predicted molar refractivity (Wildman–Crippen MR) is 102 cm³/mol. The summed E-state index contributed by atoms with van der Waals surface area (Å²) in [5.74, 6) is 0.206. The number of rotatable bonds is 6. The fourth-order valence-corrected chi connectivity index (χ4v) is 3.78. The van der Waals surface area contributed by atoms with Crippen molar-refractivity contribution in [3.63, 3.8) is 0 Å². The van der Waals surface area contributed by atoms with Crippen LogP contribution in [0.1, 0.15) is 37.3 Å². The molecule has 2 unspecified atom stereocenters. The number of carbonyl (C=O) groups excluding carboxylic acids is 1. The molecule has 0 heterocycles. The summed E-state index contributed by atoms with van der Waals surface area (Å²) in [4.78, 5) is 15.4. The largest absolute Gasteiger partial charge is 0.338 e. The molecule has 25 heavy (non-hydrogen) atoms. The molecule has 132 valence electrons. The first-order valence-electron chi connectivity index (χ1n) is 9.22. The zero-order chi connectivity index (χ0) is 17.7. The van der Waals surface area contributed by atoms with Crippen LogP contribution in [-0.2, 0) is 17.8 Å². The molecule has 0 aromatic heterocycles. The molecule has 2 aromatic carbocycles. The summed E-state index contributed by atoms with van der Waals surface area (Å²) in [5.41, 5.74) is 8.30. The highest BCUT2D eigenvalue weighted by Gasteiger charge is 2.44. The van der Waals surface area contributed by atoms with Gasteiger partial charge in [-0.2, -0.15) is 0 Å². The quantitative estimate of drug-likeness (QED) is 0.873. The molecule has 1 fully saturated rings. The average Bonchev–Trinajstić information content (AvgIpc) is 2.99. The average molecular weight is 336 g/mol. The summed E-state index contributed by atoms with van der Waals surface area (Å²) in [6.07, 6.45) is 3.75. The Bertz CT molecular complexity index is 686. The maximum atomic E-state index is 13.3. The van der Waals surface area contributed by atoms with E-state index >= 15 is 0 Å². The summed E-state index contributed by atoms with van der Waals surface area (Å²) < 4.78 is 0. The zero-order valence-corrected chi connectivity index (χ0v) is 15.0. The van der Waals surface area contributed by atoms with Crippen molar-refractivity contribution in [2.75, 3.05) is 6.54 Å². The Kier molecular flexibility index (Phi) is 5.54. The Morgan fingerprint density at radius 2 is 1.68 bits per heavy atom. The summed E-state index contributed by atoms with van der Waals surface area (Å²) in [5, 5.41) is 0. The lowest BCUT2D eigenvalue weighted by molar-refractivity contribution is -0.142. The molecular formula is C22H28N2O. The normalized spacial score (nSPS) is 22.7. The predicted octanol–water partition coefficient (Wildman–Crippen LogP) is 3.78. The molecule has 0 saturated heterocycles. The van der Waals surface area contributed by atoms with Gasteiger partial charge in [0.1, 0.15) is 0 Å². The molecule has 3 rings (SSSR count). The van der Waals surface area contributed by atoms with Gasteiger partial charge in [-0.25, -0.2) is 0 Å². The van der Waals surface area contributed by atoms with Gasteiger partial charge in [0.25, 0.3) is 0 Å². The van der Waals surface area contributed by atoms with Crippen molar-refractivity contribution < 1.29 is 4.79 Å². The highest BCUT2D eigenvalue weighted by molar-refractivity contribution is 5.83. The van der Waals surface area contributed by atoms with Crippen LogP contribution in [0.25, 0.3) is 0 Å². The minimum absolute atomic E-state index is 0.0324. The number of benzene rings is 2. The second-order valence-corrected chi connectivity index (χ2v) is 7.36. The molecule has 3 nitrogen and oxygen atoms in total. The van der Waals surface area contributed by atoms with Crippen LogP contribution < -0.4 is 5.73 Å². The molecule has 0 spiro atoms. The number of hydrogen-bond donors (Lipinski definition) is 1. The Morgan fingerprint density at radius 1 is 1.08 bits per heavy atom. The lowest BCUT2D eigenvalue weighted by Crippen LogP contribution is -2.49. The standard InChI is InChI=1S/C22H28N2O/c1-22(15-8-13-20(22)23)21(25)24(17-19-11-6-3-7-12-19)16-14-18-9-4-2-5-10-18/h2-7,9-12,20H,8,13-17,23H2,1H3. The van der Waals surface area contributed by atoms with E-state index in [0.29, 0.717) is 6.54 Å². The van der Waals surface area contributed by atoms with Crippen LogP contribution >= 0.6 is 0 Å². The van der Waals surface area contributed by atoms with E-state index in [4.69, 9.17) is 5.73 Å². The number of amides is 1. The molecule has 1 amide bonds. The van der Waals surface area contributed by atoms with Crippen LogP contribution in [0, 0.1) is 5.41 Å². The van der Waals surface area contributed by atoms with E-state index in [2.05, 4.69) is 24.3 Å². The molecule has 1 aliphatic carbocycles. The minimum Gasteiger partial charge on any atom is -0.338 e. The summed E-state index contributed by atoms with van der Waals surface area (Å²) >= 11 is 0. The lowest BCUT2D eigenvalue weighted by Gasteiger charge is -2.34. The van der Waals surface area contributed by atoms with E-state index in [9.17, 15) is 4.79 Å². The van der Waals surface area contributed by atoms with E-state index in [1.54, 1.807) is 0 Å². The first kappa shape index (κ1) is 17.7. The van der Waals surface area contributed by atoms with Crippen LogP contribution in [0.2, 0.25) is 0 Å². The lowest BCUT2D eigenvalue weighted by atomic mass is 9.83. The Hall–Kier alpha value is -2.13. The van der Waals surface area contributed by atoms with Crippen LogP contribution in [0.15, 0.2) is 60.7 Å². The monoisotopic (exact) mass is 336 g/mol. The molecule has 1 aliphatic rings. The van der Waals surface area contributed by atoms with Gasteiger partial charge >= 0.3 is 0 Å². The summed E-state index contributed by atoms with van der Waals surface area (Å²) in [7, 11) is 0. The SMILES string of the molecule is CC1(C(=O)N(CCc2ccccc2)Cc2ccccc2)CCCC1N. The van der Waals surface area contributed by atoms with Gasteiger partial charge in [-0.05, 0) is 37.3 Å². The van der Waals surface area contributed by atoms with Crippen LogP contribution in [0.3, 0.4) is 0 Å². The van der Waals surface area contributed by atoms with Crippen molar-refractivity contribution in [2.24, 2.45) is 11.1 Å². The van der Waals surface area contributed by atoms with E-state index in [0.717, 1.165) is 32.2 Å². The Balaban J connectivity index is 1.77. The number of carbonyl (C=O) groups is 1. The molecule has 0 bridgehead atoms. The molecule has 2 N–H and O–H groups in total. The van der Waals surface area contributed by atoms with Gasteiger partial charge in [-0.3, -0.25) is 4.79 Å². The number of nitrogens with zero attached hydrogens (tertiary/aromatic N) is 1. The van der Waals surface area contributed by atoms with Crippen molar-refractivity contribution in [1.29, 1.82) is 0 Å². The van der Waals surface area contributed by atoms with Crippen molar-refractivity contribution >= 4 is 5.91 Å². The van der Waals surface area contributed by atoms with Gasteiger partial charge in [0.05, 0.1) is 5.41 Å². The summed E-state index contributed by atoms with van der Waals surface area (Å²) in [6.45, 7) is 3.42. The van der Waals surface area contributed by atoms with E-state index in [1.807, 2.05) is 48.2 Å². The topological polar surface area (TPSA) is 46.3 Å². The number of hydrogen-bond acceptors (Lipinski definition) is 2. The molecule has 0 radical (unpaired) electrons. The third kappa shape index (κ3) is 4.10. The van der Waals surface area contributed by atoms with E-state index in [-0.39, 0.29) is 11.9 Å². The van der Waals surface area contributed by atoms with Crippen molar-refractivity contribution in [2.45, 2.75) is 45.2 Å². The summed E-state index contributed by atoms with van der Waals surface area (Å²) in [6, 6.07) is 20.6. The second-order valence-electron chi connectivity index (χ2n) is 7.36. The maximum Gasteiger partial charge on any atom is 0.230 e. The highest BCUT2D eigenvalue weighted by atomic mass is 16.2. The second kappa shape index (κ2) is 7.83. The Labute approximate surface area is 150 Å². The number of nitrogens with two attached hydrogens (primary N) is 1. The molecular weight excluding hydrogens is 308 g/mol. The van der Waals surface area contributed by atoms with Crippen molar-refractivity contribution in [3.05, 3.63) is 71.8 Å². The van der Waals surface area contributed by atoms with Gasteiger partial charge in [-0.15, -0.1) is 0 Å². The third-order valence-electron chi connectivity index (χ3n) is 5.53. The van der Waals surface area contributed by atoms with Crippen molar-refractivity contribution in [3.8, 4) is 0 Å². The van der Waals surface area contributed by atoms with Gasteiger partial charge in [0, 0.05) is 19.1 Å². The highest BCUT2D eigenvalue weighted by Crippen LogP contribution is 2.38. The Morgan fingerprint density at radius 3 is 2.24 bits per heavy atom. The smallest absolute Gasteiger partial charge is 0.230 e. The minimum atomic E-state index is -0.425. The first-order valence-corrected chi connectivity index (χ1v) is 9.22. The van der Waals surface area contributed by atoms with E-state index < -0.39 is 5.41 Å². The van der Waals surface area contributed by atoms with Crippen LogP contribution in [0.4, 0.5) is 0 Å². The fourth-order valence-electron chi connectivity index (χ4n) is 3.78. The van der Waals surface area contributed by atoms with Gasteiger partial charge in [0.15, 0.2) is 0 Å². The maximum absolute atomic E-state index is 13.3. The molecule has 2 aromatic rings. The van der Waals surface area contributed by atoms with Gasteiger partial charge in [-0.1, -0.05) is 67.1 Å².